The number of alkyl carbamates (subject to hydrolysis) is 1. The zero-order valence-corrected chi connectivity index (χ0v) is 17.8. The normalized spacial score (nSPS) is 21.2. The van der Waals surface area contributed by atoms with Gasteiger partial charge in [0.05, 0.1) is 12.4 Å². The Hall–Kier alpha value is -3.60. The number of rotatable bonds is 4. The van der Waals surface area contributed by atoms with Crippen LogP contribution in [0.5, 0.6) is 0 Å². The number of imidazole rings is 1. The number of hydrogen-bond donors (Lipinski definition) is 1. The van der Waals surface area contributed by atoms with E-state index >= 15 is 0 Å². The predicted octanol–water partition coefficient (Wildman–Crippen LogP) is 5.59. The molecular formula is C27H25N3O2. The molecular weight excluding hydrogens is 398 g/mol. The highest BCUT2D eigenvalue weighted by atomic mass is 16.5. The summed E-state index contributed by atoms with van der Waals surface area (Å²) in [6, 6.07) is 17.2. The van der Waals surface area contributed by atoms with Crippen molar-refractivity contribution in [1.82, 2.24) is 14.9 Å². The summed E-state index contributed by atoms with van der Waals surface area (Å²) in [7, 11) is 0. The molecule has 1 saturated carbocycles. The van der Waals surface area contributed by atoms with Gasteiger partial charge in [-0.05, 0) is 59.1 Å². The molecule has 0 radical (unpaired) electrons. The van der Waals surface area contributed by atoms with E-state index < -0.39 is 0 Å². The highest BCUT2D eigenvalue weighted by Crippen LogP contribution is 2.45. The molecule has 1 aromatic heterocycles. The second kappa shape index (κ2) is 7.83. The van der Waals surface area contributed by atoms with Gasteiger partial charge in [-0.15, -0.1) is 0 Å². The van der Waals surface area contributed by atoms with Crippen molar-refractivity contribution in [3.8, 4) is 11.1 Å². The van der Waals surface area contributed by atoms with Crippen LogP contribution in [0.2, 0.25) is 0 Å². The van der Waals surface area contributed by atoms with E-state index in [0.29, 0.717) is 18.6 Å². The molecule has 6 rings (SSSR count). The van der Waals surface area contributed by atoms with Crippen LogP contribution in [-0.2, 0) is 4.74 Å². The third-order valence-electron chi connectivity index (χ3n) is 7.08. The summed E-state index contributed by atoms with van der Waals surface area (Å²) in [5.74, 6) is 0.544. The third-order valence-corrected chi connectivity index (χ3v) is 7.08. The minimum atomic E-state index is -0.376. The first-order chi connectivity index (χ1) is 15.8. The number of nitrogens with zero attached hydrogens (tertiary/aromatic N) is 2. The van der Waals surface area contributed by atoms with Crippen LogP contribution < -0.4 is 5.32 Å². The Bertz CT molecular complexity index is 1180. The molecule has 1 N–H and O–H groups in total. The first-order valence-electron chi connectivity index (χ1n) is 11.3. The summed E-state index contributed by atoms with van der Waals surface area (Å²) in [6.07, 6.45) is 12.7. The van der Waals surface area contributed by atoms with Crippen molar-refractivity contribution in [3.05, 3.63) is 102 Å². The monoisotopic (exact) mass is 423 g/mol. The van der Waals surface area contributed by atoms with Crippen molar-refractivity contribution in [2.24, 2.45) is 5.92 Å². The van der Waals surface area contributed by atoms with Crippen molar-refractivity contribution in [3.63, 3.8) is 0 Å². The van der Waals surface area contributed by atoms with E-state index in [1.54, 1.807) is 0 Å². The molecule has 3 aromatic rings. The Balaban J connectivity index is 1.12. The number of allylic oxidation sites excluding steroid dienone is 4. The zero-order chi connectivity index (χ0) is 21.5. The van der Waals surface area contributed by atoms with Gasteiger partial charge in [-0.1, -0.05) is 54.6 Å². The number of carbonyl (C=O) groups excluding carboxylic acids is 1. The summed E-state index contributed by atoms with van der Waals surface area (Å²) in [6.45, 7) is 0.334. The maximum Gasteiger partial charge on any atom is 0.411 e. The number of hydrogen-bond acceptors (Lipinski definition) is 3. The van der Waals surface area contributed by atoms with Crippen LogP contribution in [0, 0.1) is 5.92 Å². The van der Waals surface area contributed by atoms with Gasteiger partial charge in [0.15, 0.2) is 0 Å². The fraction of sp³-hybridized carbons (Fsp3) is 0.259. The molecule has 5 nitrogen and oxygen atoms in total. The topological polar surface area (TPSA) is 56.2 Å². The van der Waals surface area contributed by atoms with E-state index in [-0.39, 0.29) is 12.0 Å². The minimum absolute atomic E-state index is 0.0748. The van der Waals surface area contributed by atoms with E-state index in [1.807, 2.05) is 36.9 Å². The molecule has 160 valence electrons. The molecule has 0 spiro atoms. The van der Waals surface area contributed by atoms with Gasteiger partial charge >= 0.3 is 6.09 Å². The van der Waals surface area contributed by atoms with E-state index in [9.17, 15) is 4.79 Å². The van der Waals surface area contributed by atoms with Gasteiger partial charge in [0.1, 0.15) is 6.61 Å². The molecule has 1 amide bonds. The predicted molar refractivity (Wildman–Crippen MR) is 123 cm³/mol. The van der Waals surface area contributed by atoms with Crippen molar-refractivity contribution in [2.75, 3.05) is 6.61 Å². The van der Waals surface area contributed by atoms with E-state index in [1.165, 1.54) is 27.8 Å². The SMILES string of the molecule is O=C(NC1=CC=C2C(CCC2n2ccnc2)C1)OCC1c2ccccc2-c2ccccc21. The van der Waals surface area contributed by atoms with Crippen LogP contribution >= 0.6 is 0 Å². The highest BCUT2D eigenvalue weighted by Gasteiger charge is 2.34. The number of nitrogens with one attached hydrogen (secondary N) is 1. The summed E-state index contributed by atoms with van der Waals surface area (Å²) in [5, 5.41) is 2.99. The minimum Gasteiger partial charge on any atom is -0.448 e. The van der Waals surface area contributed by atoms with Gasteiger partial charge in [0.25, 0.3) is 0 Å². The lowest BCUT2D eigenvalue weighted by Crippen LogP contribution is -2.27. The van der Waals surface area contributed by atoms with Crippen LogP contribution in [0.4, 0.5) is 4.79 Å². The first-order valence-corrected chi connectivity index (χ1v) is 11.3. The van der Waals surface area contributed by atoms with Crippen LogP contribution in [0.1, 0.15) is 42.3 Å². The molecule has 1 fully saturated rings. The highest BCUT2D eigenvalue weighted by molar-refractivity contribution is 5.79. The quantitative estimate of drug-likeness (QED) is 0.595. The Morgan fingerprint density at radius 1 is 1.03 bits per heavy atom. The van der Waals surface area contributed by atoms with Crippen molar-refractivity contribution in [1.29, 1.82) is 0 Å². The number of carbonyl (C=O) groups is 1. The van der Waals surface area contributed by atoms with E-state index in [4.69, 9.17) is 4.74 Å². The van der Waals surface area contributed by atoms with Gasteiger partial charge in [-0.3, -0.25) is 5.32 Å². The smallest absolute Gasteiger partial charge is 0.411 e. The molecule has 5 heteroatoms. The number of benzene rings is 2. The molecule has 0 bridgehead atoms. The van der Waals surface area contributed by atoms with Crippen LogP contribution in [-0.4, -0.2) is 22.3 Å². The second-order valence-electron chi connectivity index (χ2n) is 8.81. The molecule has 2 atom stereocenters. The van der Waals surface area contributed by atoms with Crippen molar-refractivity contribution in [2.45, 2.75) is 31.2 Å². The fourth-order valence-corrected chi connectivity index (χ4v) is 5.60. The average Bonchev–Trinajstić information content (AvgIpc) is 3.55. The molecule has 2 aromatic carbocycles. The standard InChI is InChI=1S/C27H25N3O2/c31-27(29-19-10-11-20-18(15-19)9-12-26(20)30-14-13-28-17-30)32-16-25-23-7-3-1-5-21(23)22-6-2-4-8-24(22)25/h1-8,10-11,13-14,17-18,25-26H,9,12,15-16H2,(H,29,31). The summed E-state index contributed by atoms with van der Waals surface area (Å²) >= 11 is 0. The second-order valence-corrected chi connectivity index (χ2v) is 8.81. The number of amides is 1. The van der Waals surface area contributed by atoms with Crippen molar-refractivity contribution < 1.29 is 9.53 Å². The molecule has 1 heterocycles. The lowest BCUT2D eigenvalue weighted by Gasteiger charge is -2.23. The molecule has 3 aliphatic rings. The van der Waals surface area contributed by atoms with E-state index in [2.05, 4.69) is 57.3 Å². The fourth-order valence-electron chi connectivity index (χ4n) is 5.60. The molecule has 0 aliphatic heterocycles. The summed E-state index contributed by atoms with van der Waals surface area (Å²) in [4.78, 5) is 16.8. The van der Waals surface area contributed by atoms with Gasteiger partial charge in [-0.2, -0.15) is 0 Å². The lowest BCUT2D eigenvalue weighted by molar-refractivity contribution is 0.145. The summed E-state index contributed by atoms with van der Waals surface area (Å²) < 4.78 is 7.89. The van der Waals surface area contributed by atoms with Gasteiger partial charge in [0, 0.05) is 24.0 Å². The first kappa shape index (κ1) is 19.1. The molecule has 0 saturated heterocycles. The Morgan fingerprint density at radius 2 is 1.78 bits per heavy atom. The van der Waals surface area contributed by atoms with E-state index in [0.717, 1.165) is 25.0 Å². The zero-order valence-electron chi connectivity index (χ0n) is 17.8. The van der Waals surface area contributed by atoms with Crippen molar-refractivity contribution >= 4 is 6.09 Å². The van der Waals surface area contributed by atoms with Gasteiger partial charge < -0.3 is 9.30 Å². The Labute approximate surface area is 187 Å². The number of fused-ring (bicyclic) bond motifs is 4. The third kappa shape index (κ3) is 3.25. The summed E-state index contributed by atoms with van der Waals surface area (Å²) in [5.41, 5.74) is 7.28. The van der Waals surface area contributed by atoms with Crippen LogP contribution in [0.3, 0.4) is 0 Å². The number of ether oxygens (including phenoxy) is 1. The number of aromatic nitrogens is 2. The Kier molecular flexibility index (Phi) is 4.67. The molecule has 2 unspecified atom stereocenters. The maximum absolute atomic E-state index is 12.6. The van der Waals surface area contributed by atoms with Crippen LogP contribution in [0.15, 0.2) is 90.7 Å². The maximum atomic E-state index is 12.6. The average molecular weight is 424 g/mol. The van der Waals surface area contributed by atoms with Gasteiger partial charge in [0.2, 0.25) is 0 Å². The molecule has 3 aliphatic carbocycles. The lowest BCUT2D eigenvalue weighted by atomic mass is 9.91. The largest absolute Gasteiger partial charge is 0.448 e. The molecule has 32 heavy (non-hydrogen) atoms. The Morgan fingerprint density at radius 3 is 2.50 bits per heavy atom. The van der Waals surface area contributed by atoms with Crippen LogP contribution in [0.25, 0.3) is 11.1 Å². The van der Waals surface area contributed by atoms with Gasteiger partial charge in [-0.25, -0.2) is 9.78 Å².